The quantitative estimate of drug-likeness (QED) is 0.124. The van der Waals surface area contributed by atoms with E-state index in [-0.39, 0.29) is 5.41 Å². The first-order valence-corrected chi connectivity index (χ1v) is 19.0. The molecule has 0 N–H and O–H groups in total. The third-order valence-corrected chi connectivity index (χ3v) is 12.2. The summed E-state index contributed by atoms with van der Waals surface area (Å²) in [6.45, 7) is 4.76. The third kappa shape index (κ3) is 4.64. The summed E-state index contributed by atoms with van der Waals surface area (Å²) in [5.41, 5.74) is 11.9. The molecule has 258 valence electrons. The second-order valence-corrected chi connectivity index (χ2v) is 15.3. The summed E-state index contributed by atoms with van der Waals surface area (Å²) < 4.78 is 0. The van der Waals surface area contributed by atoms with Crippen LogP contribution in [0, 0.1) is 0 Å². The standard InChI is InChI=1S/C53H41N/c1-52(2)48-30-18-17-29-45(48)47-34-50(53(36-19-7-4-8-20-36,37-21-9-5-10-22-37)38-23-11-6-12-24-38)51(35-49(47)52)54(3)39-31-32-44-42-27-14-13-25-40(42)41-26-15-16-28-43(41)46(44)33-39/h4-35H,1-3H3. The summed E-state index contributed by atoms with van der Waals surface area (Å²) >= 11 is 0. The lowest BCUT2D eigenvalue weighted by atomic mass is 9.64. The molecule has 54 heavy (non-hydrogen) atoms. The fraction of sp³-hybridized carbons (Fsp3) is 0.0943. The van der Waals surface area contributed by atoms with Gasteiger partial charge in [-0.2, -0.15) is 0 Å². The van der Waals surface area contributed by atoms with Gasteiger partial charge in [0.2, 0.25) is 0 Å². The van der Waals surface area contributed by atoms with E-state index >= 15 is 0 Å². The molecule has 1 heteroatoms. The molecular weight excluding hydrogens is 651 g/mol. The number of hydrogen-bond donors (Lipinski definition) is 0. The molecule has 0 spiro atoms. The Balaban J connectivity index is 1.32. The van der Waals surface area contributed by atoms with Crippen molar-refractivity contribution in [1.82, 2.24) is 0 Å². The number of rotatable bonds is 6. The Bertz CT molecular complexity index is 2720. The van der Waals surface area contributed by atoms with Crippen LogP contribution >= 0.6 is 0 Å². The van der Waals surface area contributed by atoms with E-state index in [9.17, 15) is 0 Å². The van der Waals surface area contributed by atoms with Crippen molar-refractivity contribution in [3.05, 3.63) is 228 Å². The number of fused-ring (bicyclic) bond motifs is 9. The molecule has 1 nitrogen and oxygen atoms in total. The second kappa shape index (κ2) is 12.3. The van der Waals surface area contributed by atoms with Crippen LogP contribution < -0.4 is 4.90 Å². The second-order valence-electron chi connectivity index (χ2n) is 15.3. The molecule has 9 aromatic rings. The van der Waals surface area contributed by atoms with Gasteiger partial charge in [-0.05, 0) is 101 Å². The van der Waals surface area contributed by atoms with Crippen LogP contribution in [-0.4, -0.2) is 7.05 Å². The van der Waals surface area contributed by atoms with Gasteiger partial charge in [0.15, 0.2) is 0 Å². The highest BCUT2D eigenvalue weighted by Gasteiger charge is 2.44. The summed E-state index contributed by atoms with van der Waals surface area (Å²) in [7, 11) is 2.26. The van der Waals surface area contributed by atoms with Crippen LogP contribution in [-0.2, 0) is 10.8 Å². The predicted molar refractivity (Wildman–Crippen MR) is 229 cm³/mol. The van der Waals surface area contributed by atoms with Crippen molar-refractivity contribution in [2.45, 2.75) is 24.7 Å². The Kier molecular flexibility index (Phi) is 7.35. The van der Waals surface area contributed by atoms with Crippen LogP contribution in [0.15, 0.2) is 194 Å². The molecule has 0 fully saturated rings. The molecule has 9 aromatic carbocycles. The van der Waals surface area contributed by atoms with Crippen molar-refractivity contribution in [2.75, 3.05) is 11.9 Å². The maximum atomic E-state index is 2.53. The first kappa shape index (κ1) is 32.2. The SMILES string of the molecule is CN(c1ccc2c3ccccc3c3ccccc3c2c1)c1cc2c(cc1C(c1ccccc1)(c1ccccc1)c1ccccc1)-c1ccccc1C2(C)C. The Morgan fingerprint density at radius 1 is 0.389 bits per heavy atom. The van der Waals surface area contributed by atoms with Crippen LogP contribution in [0.3, 0.4) is 0 Å². The molecule has 0 heterocycles. The monoisotopic (exact) mass is 691 g/mol. The summed E-state index contributed by atoms with van der Waals surface area (Å²) in [6.07, 6.45) is 0. The number of nitrogens with zero attached hydrogens (tertiary/aromatic N) is 1. The molecule has 0 saturated heterocycles. The van der Waals surface area contributed by atoms with Gasteiger partial charge in [-0.1, -0.05) is 184 Å². The maximum absolute atomic E-state index is 2.53. The highest BCUT2D eigenvalue weighted by atomic mass is 15.1. The van der Waals surface area contributed by atoms with Crippen LogP contribution in [0.2, 0.25) is 0 Å². The van der Waals surface area contributed by atoms with E-state index in [1.54, 1.807) is 0 Å². The summed E-state index contributed by atoms with van der Waals surface area (Å²) in [5.74, 6) is 0. The number of anilines is 2. The van der Waals surface area contributed by atoms with Crippen LogP contribution in [0.5, 0.6) is 0 Å². The minimum atomic E-state index is -0.621. The average molecular weight is 692 g/mol. The molecule has 0 aromatic heterocycles. The maximum Gasteiger partial charge on any atom is 0.0722 e. The Hall–Kier alpha value is -6.44. The molecule has 0 aliphatic heterocycles. The zero-order chi connectivity index (χ0) is 36.4. The predicted octanol–water partition coefficient (Wildman–Crippen LogP) is 13.6. The van der Waals surface area contributed by atoms with Crippen LogP contribution in [0.4, 0.5) is 11.4 Å². The molecule has 1 aliphatic carbocycles. The fourth-order valence-electron chi connectivity index (χ4n) is 9.59. The molecule has 0 bridgehead atoms. The van der Waals surface area contributed by atoms with Crippen molar-refractivity contribution < 1.29 is 0 Å². The molecule has 0 atom stereocenters. The van der Waals surface area contributed by atoms with Crippen molar-refractivity contribution in [3.8, 4) is 11.1 Å². The largest absolute Gasteiger partial charge is 0.344 e. The lowest BCUT2D eigenvalue weighted by molar-refractivity contribution is 0.659. The molecule has 0 radical (unpaired) electrons. The minimum Gasteiger partial charge on any atom is -0.344 e. The van der Waals surface area contributed by atoms with E-state index in [0.717, 1.165) is 5.69 Å². The zero-order valence-corrected chi connectivity index (χ0v) is 30.9. The lowest BCUT2D eigenvalue weighted by Gasteiger charge is -2.40. The summed E-state index contributed by atoms with van der Waals surface area (Å²) in [5, 5.41) is 7.69. The summed E-state index contributed by atoms with van der Waals surface area (Å²) in [6, 6.07) is 72.1. The molecule has 0 unspecified atom stereocenters. The van der Waals surface area contributed by atoms with E-state index in [4.69, 9.17) is 0 Å². The third-order valence-electron chi connectivity index (χ3n) is 12.2. The van der Waals surface area contributed by atoms with E-state index in [2.05, 4.69) is 220 Å². The first-order valence-electron chi connectivity index (χ1n) is 19.0. The van der Waals surface area contributed by atoms with Gasteiger partial charge in [0.25, 0.3) is 0 Å². The van der Waals surface area contributed by atoms with Crippen LogP contribution in [0.1, 0.15) is 47.2 Å². The average Bonchev–Trinajstić information content (AvgIpc) is 3.46. The summed E-state index contributed by atoms with van der Waals surface area (Å²) in [4.78, 5) is 2.45. The minimum absolute atomic E-state index is 0.159. The van der Waals surface area contributed by atoms with E-state index in [0.29, 0.717) is 0 Å². The number of hydrogen-bond acceptors (Lipinski definition) is 1. The van der Waals surface area contributed by atoms with Gasteiger partial charge in [-0.3, -0.25) is 0 Å². The molecule has 10 rings (SSSR count). The highest BCUT2D eigenvalue weighted by molar-refractivity contribution is 6.25. The van der Waals surface area contributed by atoms with Gasteiger partial charge in [0, 0.05) is 23.8 Å². The van der Waals surface area contributed by atoms with Gasteiger partial charge in [0.05, 0.1) is 5.41 Å². The topological polar surface area (TPSA) is 3.24 Å². The van der Waals surface area contributed by atoms with E-state index in [1.165, 1.54) is 82.5 Å². The smallest absolute Gasteiger partial charge is 0.0722 e. The van der Waals surface area contributed by atoms with Gasteiger partial charge >= 0.3 is 0 Å². The van der Waals surface area contributed by atoms with Crippen molar-refractivity contribution in [2.24, 2.45) is 0 Å². The molecule has 0 saturated carbocycles. The molecular formula is C53H41N. The Morgan fingerprint density at radius 2 is 0.833 bits per heavy atom. The highest BCUT2D eigenvalue weighted by Crippen LogP contribution is 2.56. The van der Waals surface area contributed by atoms with Crippen LogP contribution in [0.25, 0.3) is 43.4 Å². The lowest BCUT2D eigenvalue weighted by Crippen LogP contribution is -2.33. The van der Waals surface area contributed by atoms with Gasteiger partial charge in [0.1, 0.15) is 0 Å². The van der Waals surface area contributed by atoms with Gasteiger partial charge in [-0.25, -0.2) is 0 Å². The Morgan fingerprint density at radius 3 is 1.37 bits per heavy atom. The van der Waals surface area contributed by atoms with Crippen molar-refractivity contribution >= 4 is 43.7 Å². The molecule has 0 amide bonds. The van der Waals surface area contributed by atoms with Gasteiger partial charge < -0.3 is 4.90 Å². The van der Waals surface area contributed by atoms with Crippen molar-refractivity contribution in [3.63, 3.8) is 0 Å². The fourth-order valence-corrected chi connectivity index (χ4v) is 9.59. The normalized spacial score (nSPS) is 13.2. The van der Waals surface area contributed by atoms with E-state index < -0.39 is 5.41 Å². The Labute approximate surface area is 317 Å². The van der Waals surface area contributed by atoms with Gasteiger partial charge in [-0.15, -0.1) is 0 Å². The number of benzene rings is 9. The van der Waals surface area contributed by atoms with E-state index in [1.807, 2.05) is 0 Å². The first-order chi connectivity index (χ1) is 26.5. The molecule has 1 aliphatic rings. The zero-order valence-electron chi connectivity index (χ0n) is 30.9. The van der Waals surface area contributed by atoms with Crippen molar-refractivity contribution in [1.29, 1.82) is 0 Å².